The molecule has 3 unspecified atom stereocenters. The summed E-state index contributed by atoms with van der Waals surface area (Å²) in [4.78, 5) is 3.88. The lowest BCUT2D eigenvalue weighted by Gasteiger charge is -2.33. The Morgan fingerprint density at radius 3 is 2.67 bits per heavy atom. The molecule has 18 heavy (non-hydrogen) atoms. The second-order valence-corrected chi connectivity index (χ2v) is 8.10. The molecule has 1 aliphatic carbocycles. The zero-order valence-corrected chi connectivity index (χ0v) is 14.0. The van der Waals surface area contributed by atoms with Crippen molar-refractivity contribution in [1.29, 1.82) is 0 Å². The molecule has 1 aromatic heterocycles. The minimum atomic E-state index is 0.748. The molecule has 0 spiro atoms. The number of hydrogen-bond acceptors (Lipinski definition) is 1. The lowest BCUT2D eigenvalue weighted by Crippen LogP contribution is -2.26. The zero-order valence-electron chi connectivity index (χ0n) is 11.6. The summed E-state index contributed by atoms with van der Waals surface area (Å²) in [6, 6.07) is 4.67. The average Bonchev–Trinajstić information content (AvgIpc) is 2.81. The molecule has 0 saturated heterocycles. The first-order chi connectivity index (χ1) is 8.72. The van der Waals surface area contributed by atoms with Crippen molar-refractivity contribution >= 4 is 27.3 Å². The Kier molecular flexibility index (Phi) is 5.75. The van der Waals surface area contributed by atoms with E-state index < -0.39 is 0 Å². The Labute approximate surface area is 124 Å². The molecule has 0 radical (unpaired) electrons. The molecule has 1 saturated carbocycles. The summed E-state index contributed by atoms with van der Waals surface area (Å²) in [6.45, 7) is 4.57. The molecule has 0 nitrogen and oxygen atoms in total. The fourth-order valence-electron chi connectivity index (χ4n) is 3.19. The van der Waals surface area contributed by atoms with Crippen LogP contribution in [0.5, 0.6) is 0 Å². The molecule has 0 aliphatic heterocycles. The van der Waals surface area contributed by atoms with E-state index in [2.05, 4.69) is 41.9 Å². The second kappa shape index (κ2) is 7.09. The van der Waals surface area contributed by atoms with E-state index in [9.17, 15) is 0 Å². The van der Waals surface area contributed by atoms with Crippen molar-refractivity contribution in [3.05, 3.63) is 21.9 Å². The van der Waals surface area contributed by atoms with Crippen LogP contribution in [0.15, 0.2) is 12.1 Å². The Morgan fingerprint density at radius 2 is 2.00 bits per heavy atom. The van der Waals surface area contributed by atoms with Gasteiger partial charge in [-0.25, -0.2) is 0 Å². The van der Waals surface area contributed by atoms with Crippen LogP contribution in [0, 0.1) is 11.8 Å². The van der Waals surface area contributed by atoms with E-state index in [1.807, 2.05) is 11.3 Å². The van der Waals surface area contributed by atoms with E-state index in [4.69, 9.17) is 0 Å². The molecule has 1 fully saturated rings. The van der Waals surface area contributed by atoms with Crippen LogP contribution < -0.4 is 0 Å². The third kappa shape index (κ3) is 3.84. The predicted octanol–water partition coefficient (Wildman–Crippen LogP) is 5.83. The fourth-order valence-corrected chi connectivity index (χ4v) is 4.90. The van der Waals surface area contributed by atoms with Crippen LogP contribution in [0.1, 0.15) is 55.7 Å². The van der Waals surface area contributed by atoms with Gasteiger partial charge in [-0.05, 0) is 56.1 Å². The van der Waals surface area contributed by atoms with Gasteiger partial charge in [-0.3, -0.25) is 0 Å². The van der Waals surface area contributed by atoms with Gasteiger partial charge in [0, 0.05) is 14.6 Å². The van der Waals surface area contributed by atoms with Gasteiger partial charge in [-0.15, -0.1) is 11.3 Å². The Morgan fingerprint density at radius 1 is 1.22 bits per heavy atom. The lowest BCUT2D eigenvalue weighted by atomic mass is 9.78. The third-order valence-electron chi connectivity index (χ3n) is 4.22. The van der Waals surface area contributed by atoms with Crippen LogP contribution in [0.4, 0.5) is 0 Å². The molecule has 3 atom stereocenters. The first kappa shape index (κ1) is 14.6. The first-order valence-corrected chi connectivity index (χ1v) is 9.17. The minimum absolute atomic E-state index is 0.748. The largest absolute Gasteiger partial charge is 0.145 e. The quantitative estimate of drug-likeness (QED) is 0.596. The van der Waals surface area contributed by atoms with E-state index in [-0.39, 0.29) is 0 Å². The standard InChI is InChI=1S/C16H25BrS/c1-3-5-12-6-9-16(17)13(10-12)11-15-8-7-14(4-2)18-15/h7-8,12-13,16H,3-6,9-11H2,1-2H3. The molecule has 102 valence electrons. The molecular formula is C16H25BrS. The second-order valence-electron chi connectivity index (χ2n) is 5.67. The smallest absolute Gasteiger partial charge is 0.0177 e. The van der Waals surface area contributed by atoms with Crippen LogP contribution in [-0.4, -0.2) is 4.83 Å². The topological polar surface area (TPSA) is 0 Å². The van der Waals surface area contributed by atoms with Crippen molar-refractivity contribution in [1.82, 2.24) is 0 Å². The van der Waals surface area contributed by atoms with Gasteiger partial charge in [0.05, 0.1) is 0 Å². The number of aryl methyl sites for hydroxylation is 1. The molecule has 1 heterocycles. The number of rotatable bonds is 5. The van der Waals surface area contributed by atoms with E-state index in [0.29, 0.717) is 0 Å². The number of hydrogen-bond donors (Lipinski definition) is 0. The Hall–Kier alpha value is 0.180. The highest BCUT2D eigenvalue weighted by atomic mass is 79.9. The van der Waals surface area contributed by atoms with Gasteiger partial charge in [-0.2, -0.15) is 0 Å². The molecule has 0 aromatic carbocycles. The van der Waals surface area contributed by atoms with Crippen LogP contribution in [0.25, 0.3) is 0 Å². The number of halogens is 1. The van der Waals surface area contributed by atoms with Crippen LogP contribution in [-0.2, 0) is 12.8 Å². The monoisotopic (exact) mass is 328 g/mol. The van der Waals surface area contributed by atoms with E-state index in [1.165, 1.54) is 49.8 Å². The van der Waals surface area contributed by atoms with Gasteiger partial charge in [0.25, 0.3) is 0 Å². The van der Waals surface area contributed by atoms with Crippen molar-refractivity contribution in [2.45, 2.75) is 63.6 Å². The van der Waals surface area contributed by atoms with Gasteiger partial charge in [0.1, 0.15) is 0 Å². The van der Waals surface area contributed by atoms with E-state index in [1.54, 1.807) is 4.88 Å². The molecule has 0 N–H and O–H groups in total. The van der Waals surface area contributed by atoms with Crippen LogP contribution >= 0.6 is 27.3 Å². The van der Waals surface area contributed by atoms with E-state index in [0.717, 1.165) is 16.7 Å². The molecule has 0 bridgehead atoms. The first-order valence-electron chi connectivity index (χ1n) is 7.44. The zero-order chi connectivity index (χ0) is 13.0. The minimum Gasteiger partial charge on any atom is -0.145 e. The molecule has 2 rings (SSSR count). The van der Waals surface area contributed by atoms with Crippen molar-refractivity contribution in [2.24, 2.45) is 11.8 Å². The van der Waals surface area contributed by atoms with Crippen molar-refractivity contribution < 1.29 is 0 Å². The van der Waals surface area contributed by atoms with Crippen molar-refractivity contribution in [3.63, 3.8) is 0 Å². The average molecular weight is 329 g/mol. The van der Waals surface area contributed by atoms with Gasteiger partial charge in [0.15, 0.2) is 0 Å². The Balaban J connectivity index is 1.93. The number of alkyl halides is 1. The lowest BCUT2D eigenvalue weighted by molar-refractivity contribution is 0.264. The molecule has 1 aliphatic rings. The Bertz CT molecular complexity index is 358. The molecule has 1 aromatic rings. The summed E-state index contributed by atoms with van der Waals surface area (Å²) in [7, 11) is 0. The van der Waals surface area contributed by atoms with E-state index >= 15 is 0 Å². The van der Waals surface area contributed by atoms with Crippen LogP contribution in [0.3, 0.4) is 0 Å². The summed E-state index contributed by atoms with van der Waals surface area (Å²) in [6.07, 6.45) is 9.51. The van der Waals surface area contributed by atoms with Gasteiger partial charge in [0.2, 0.25) is 0 Å². The summed E-state index contributed by atoms with van der Waals surface area (Å²) < 4.78 is 0. The molecule has 0 amide bonds. The van der Waals surface area contributed by atoms with Gasteiger partial charge < -0.3 is 0 Å². The third-order valence-corrected chi connectivity index (χ3v) is 6.68. The highest BCUT2D eigenvalue weighted by molar-refractivity contribution is 9.09. The summed E-state index contributed by atoms with van der Waals surface area (Å²) in [5, 5.41) is 0. The SMILES string of the molecule is CCCC1CCC(Br)C(Cc2ccc(CC)s2)C1. The van der Waals surface area contributed by atoms with Crippen molar-refractivity contribution in [2.75, 3.05) is 0 Å². The maximum absolute atomic E-state index is 3.92. The highest BCUT2D eigenvalue weighted by Gasteiger charge is 2.28. The van der Waals surface area contributed by atoms with Crippen molar-refractivity contribution in [3.8, 4) is 0 Å². The molecular weight excluding hydrogens is 304 g/mol. The van der Waals surface area contributed by atoms with Crippen LogP contribution in [0.2, 0.25) is 0 Å². The summed E-state index contributed by atoms with van der Waals surface area (Å²) in [5.41, 5.74) is 0. The number of thiophene rings is 1. The predicted molar refractivity (Wildman–Crippen MR) is 85.9 cm³/mol. The maximum atomic E-state index is 3.92. The highest BCUT2D eigenvalue weighted by Crippen LogP contribution is 2.38. The molecule has 2 heteroatoms. The normalized spacial score (nSPS) is 28.5. The summed E-state index contributed by atoms with van der Waals surface area (Å²) >= 11 is 5.94. The van der Waals surface area contributed by atoms with Gasteiger partial charge in [-0.1, -0.05) is 42.6 Å². The summed E-state index contributed by atoms with van der Waals surface area (Å²) in [5.74, 6) is 1.85. The fraction of sp³-hybridized carbons (Fsp3) is 0.750. The van der Waals surface area contributed by atoms with Gasteiger partial charge >= 0.3 is 0 Å². The maximum Gasteiger partial charge on any atom is 0.0177 e.